The summed E-state index contributed by atoms with van der Waals surface area (Å²) in [4.78, 5) is 11.2. The van der Waals surface area contributed by atoms with Gasteiger partial charge in [0.1, 0.15) is 11.0 Å². The van der Waals surface area contributed by atoms with Crippen LogP contribution in [0.15, 0.2) is 6.20 Å². The van der Waals surface area contributed by atoms with Crippen molar-refractivity contribution in [3.63, 3.8) is 0 Å². The molecule has 1 aliphatic carbocycles. The van der Waals surface area contributed by atoms with Gasteiger partial charge in [-0.25, -0.2) is 9.97 Å². The molecule has 0 radical (unpaired) electrons. The molecule has 2 aromatic heterocycles. The summed E-state index contributed by atoms with van der Waals surface area (Å²) in [6.45, 7) is 4.13. The van der Waals surface area contributed by atoms with E-state index in [-0.39, 0.29) is 0 Å². The Balaban J connectivity index is 1.78. The molecule has 1 fully saturated rings. The molecule has 0 aliphatic heterocycles. The van der Waals surface area contributed by atoms with Crippen LogP contribution in [0, 0.1) is 11.8 Å². The minimum atomic E-state index is 0.487. The van der Waals surface area contributed by atoms with Crippen molar-refractivity contribution < 1.29 is 0 Å². The Morgan fingerprint density at radius 3 is 2.89 bits per heavy atom. The average molecular weight is 280 g/mol. The van der Waals surface area contributed by atoms with Gasteiger partial charge in [0.05, 0.1) is 18.1 Å². The zero-order valence-electron chi connectivity index (χ0n) is 11.5. The highest BCUT2D eigenvalue weighted by Crippen LogP contribution is 2.38. The molecule has 3 rings (SSSR count). The standard InChI is InChI=1S/C13H18ClN5/c1-8-4-9(8)6-18(2)7-11-16-12(14)10-5-15-19(3)13(10)17-11/h5,8-9H,4,6-7H2,1-3H3. The number of hydrogen-bond acceptors (Lipinski definition) is 4. The van der Waals surface area contributed by atoms with E-state index in [1.165, 1.54) is 6.42 Å². The van der Waals surface area contributed by atoms with Gasteiger partial charge in [0.2, 0.25) is 0 Å². The lowest BCUT2D eigenvalue weighted by Gasteiger charge is -2.15. The predicted octanol–water partition coefficient (Wildman–Crippen LogP) is 2.10. The summed E-state index contributed by atoms with van der Waals surface area (Å²) in [6.07, 6.45) is 3.05. The lowest BCUT2D eigenvalue weighted by molar-refractivity contribution is 0.300. The van der Waals surface area contributed by atoms with Gasteiger partial charge in [0.15, 0.2) is 5.65 Å². The fourth-order valence-electron chi connectivity index (χ4n) is 2.46. The van der Waals surface area contributed by atoms with Gasteiger partial charge >= 0.3 is 0 Å². The number of rotatable bonds is 4. The summed E-state index contributed by atoms with van der Waals surface area (Å²) in [5.41, 5.74) is 0.795. The van der Waals surface area contributed by atoms with E-state index in [0.717, 1.165) is 41.8 Å². The van der Waals surface area contributed by atoms with Crippen LogP contribution in [0.4, 0.5) is 0 Å². The maximum atomic E-state index is 6.18. The van der Waals surface area contributed by atoms with E-state index in [1.807, 2.05) is 7.05 Å². The second-order valence-corrected chi connectivity index (χ2v) is 5.96. The third kappa shape index (κ3) is 2.58. The van der Waals surface area contributed by atoms with Crippen LogP contribution in [0.25, 0.3) is 11.0 Å². The highest BCUT2D eigenvalue weighted by Gasteiger charge is 2.33. The molecule has 0 amide bonds. The Morgan fingerprint density at radius 1 is 1.47 bits per heavy atom. The zero-order valence-corrected chi connectivity index (χ0v) is 12.2. The molecule has 102 valence electrons. The highest BCUT2D eigenvalue weighted by molar-refractivity contribution is 6.33. The number of fused-ring (bicyclic) bond motifs is 1. The zero-order chi connectivity index (χ0) is 13.6. The van der Waals surface area contributed by atoms with E-state index in [0.29, 0.717) is 5.15 Å². The summed E-state index contributed by atoms with van der Waals surface area (Å²) in [6, 6.07) is 0. The van der Waals surface area contributed by atoms with Crippen LogP contribution in [0.2, 0.25) is 5.15 Å². The van der Waals surface area contributed by atoms with Gasteiger partial charge in [0, 0.05) is 13.6 Å². The van der Waals surface area contributed by atoms with Crippen LogP contribution < -0.4 is 0 Å². The molecule has 5 nitrogen and oxygen atoms in total. The quantitative estimate of drug-likeness (QED) is 0.804. The number of nitrogens with zero attached hydrogens (tertiary/aromatic N) is 5. The van der Waals surface area contributed by atoms with Crippen molar-refractivity contribution >= 4 is 22.6 Å². The highest BCUT2D eigenvalue weighted by atomic mass is 35.5. The SMILES string of the molecule is CC1CC1CN(C)Cc1nc(Cl)c2cnn(C)c2n1. The van der Waals surface area contributed by atoms with Gasteiger partial charge < -0.3 is 0 Å². The molecular weight excluding hydrogens is 262 g/mol. The molecule has 2 atom stereocenters. The lowest BCUT2D eigenvalue weighted by Crippen LogP contribution is -2.22. The first-order valence-corrected chi connectivity index (χ1v) is 6.95. The van der Waals surface area contributed by atoms with Crippen LogP contribution in [0.1, 0.15) is 19.2 Å². The van der Waals surface area contributed by atoms with Crippen LogP contribution in [0.5, 0.6) is 0 Å². The minimum absolute atomic E-state index is 0.487. The second-order valence-electron chi connectivity index (χ2n) is 5.61. The van der Waals surface area contributed by atoms with Gasteiger partial charge in [-0.15, -0.1) is 0 Å². The summed E-state index contributed by atoms with van der Waals surface area (Å²) < 4.78 is 1.73. The molecule has 1 saturated carbocycles. The Hall–Kier alpha value is -1.20. The number of halogens is 1. The normalized spacial score (nSPS) is 22.4. The van der Waals surface area contributed by atoms with Crippen LogP contribution in [-0.2, 0) is 13.6 Å². The Morgan fingerprint density at radius 2 is 2.21 bits per heavy atom. The smallest absolute Gasteiger partial charge is 0.162 e. The van der Waals surface area contributed by atoms with Gasteiger partial charge in [-0.05, 0) is 25.3 Å². The summed E-state index contributed by atoms with van der Waals surface area (Å²) >= 11 is 6.18. The van der Waals surface area contributed by atoms with Crippen molar-refractivity contribution in [2.45, 2.75) is 19.9 Å². The lowest BCUT2D eigenvalue weighted by atomic mass is 10.3. The first-order valence-electron chi connectivity index (χ1n) is 6.57. The summed E-state index contributed by atoms with van der Waals surface area (Å²) in [7, 11) is 3.97. The Kier molecular flexibility index (Phi) is 3.19. The molecule has 19 heavy (non-hydrogen) atoms. The maximum Gasteiger partial charge on any atom is 0.162 e. The molecule has 0 bridgehead atoms. The fraction of sp³-hybridized carbons (Fsp3) is 0.615. The van der Waals surface area contributed by atoms with Crippen molar-refractivity contribution in [2.24, 2.45) is 18.9 Å². The molecule has 0 N–H and O–H groups in total. The fourth-order valence-corrected chi connectivity index (χ4v) is 2.69. The van der Waals surface area contributed by atoms with E-state index in [2.05, 4.69) is 33.9 Å². The van der Waals surface area contributed by atoms with Gasteiger partial charge in [-0.3, -0.25) is 9.58 Å². The molecule has 2 aromatic rings. The molecule has 2 unspecified atom stereocenters. The molecule has 6 heteroatoms. The van der Waals surface area contributed by atoms with E-state index < -0.39 is 0 Å². The van der Waals surface area contributed by atoms with Crippen molar-refractivity contribution in [3.05, 3.63) is 17.2 Å². The first-order chi connectivity index (χ1) is 9.04. The number of aromatic nitrogens is 4. The van der Waals surface area contributed by atoms with E-state index in [4.69, 9.17) is 11.6 Å². The van der Waals surface area contributed by atoms with Crippen molar-refractivity contribution in [1.82, 2.24) is 24.6 Å². The van der Waals surface area contributed by atoms with Crippen LogP contribution >= 0.6 is 11.6 Å². The Labute approximate surface area is 117 Å². The monoisotopic (exact) mass is 279 g/mol. The molecule has 0 aromatic carbocycles. The van der Waals surface area contributed by atoms with Crippen molar-refractivity contribution in [3.8, 4) is 0 Å². The average Bonchev–Trinajstić information content (AvgIpc) is 2.87. The predicted molar refractivity (Wildman–Crippen MR) is 74.9 cm³/mol. The van der Waals surface area contributed by atoms with E-state index >= 15 is 0 Å². The molecule has 1 aliphatic rings. The van der Waals surface area contributed by atoms with Crippen LogP contribution in [0.3, 0.4) is 0 Å². The summed E-state index contributed by atoms with van der Waals surface area (Å²) in [5.74, 6) is 2.46. The molecule has 0 spiro atoms. The van der Waals surface area contributed by atoms with E-state index in [1.54, 1.807) is 10.9 Å². The number of hydrogen-bond donors (Lipinski definition) is 0. The molecule has 0 saturated heterocycles. The van der Waals surface area contributed by atoms with E-state index in [9.17, 15) is 0 Å². The largest absolute Gasteiger partial charge is 0.299 e. The van der Waals surface area contributed by atoms with Gasteiger partial charge in [-0.2, -0.15) is 5.10 Å². The molecular formula is C13H18ClN5. The maximum absolute atomic E-state index is 6.18. The van der Waals surface area contributed by atoms with Crippen molar-refractivity contribution in [1.29, 1.82) is 0 Å². The van der Waals surface area contributed by atoms with Crippen molar-refractivity contribution in [2.75, 3.05) is 13.6 Å². The van der Waals surface area contributed by atoms with Gasteiger partial charge in [-0.1, -0.05) is 18.5 Å². The summed E-state index contributed by atoms with van der Waals surface area (Å²) in [5, 5.41) is 5.46. The minimum Gasteiger partial charge on any atom is -0.299 e. The topological polar surface area (TPSA) is 46.8 Å². The first kappa shape index (κ1) is 12.8. The third-order valence-electron chi connectivity index (χ3n) is 3.83. The van der Waals surface area contributed by atoms with Gasteiger partial charge in [0.25, 0.3) is 0 Å². The number of aryl methyl sites for hydroxylation is 1. The third-order valence-corrected chi connectivity index (χ3v) is 4.11. The second kappa shape index (κ2) is 4.72. The van der Waals surface area contributed by atoms with Crippen LogP contribution in [-0.4, -0.2) is 38.2 Å². The molecule has 2 heterocycles. The Bertz CT molecular complexity index is 608.